The molecule has 4 aromatic heterocycles. The van der Waals surface area contributed by atoms with Crippen LogP contribution >= 0.6 is 6.72 Å². The number of aromatic nitrogens is 8. The van der Waals surface area contributed by atoms with Crippen molar-refractivity contribution < 1.29 is 42.4 Å². The highest BCUT2D eigenvalue weighted by atomic mass is 32.5. The van der Waals surface area contributed by atoms with E-state index in [1.165, 1.54) is 0 Å². The number of halogens is 2. The number of nitrogens with zero attached hydrogens (tertiary/aromatic N) is 6. The molecule has 1 aliphatic carbocycles. The molecule has 0 aromatic carbocycles. The Kier molecular flexibility index (Phi) is 6.14. The molecule has 0 bridgehead atoms. The zero-order chi connectivity index (χ0) is 29.7. The van der Waals surface area contributed by atoms with E-state index in [4.69, 9.17) is 36.1 Å². The van der Waals surface area contributed by atoms with Gasteiger partial charge in [0.05, 0.1) is 25.6 Å². The van der Waals surface area contributed by atoms with Gasteiger partial charge in [0.25, 0.3) is 11.1 Å². The van der Waals surface area contributed by atoms with Gasteiger partial charge in [-0.25, -0.2) is 23.7 Å². The van der Waals surface area contributed by atoms with Crippen molar-refractivity contribution >= 4 is 46.8 Å². The smallest absolute Gasteiger partial charge is 0.325 e. The number of aromatic amines is 2. The first kappa shape index (κ1) is 27.6. The second-order valence-corrected chi connectivity index (χ2v) is 12.6. The maximum absolute atomic E-state index is 15.5. The van der Waals surface area contributed by atoms with Gasteiger partial charge in [-0.05, 0) is 11.8 Å². The van der Waals surface area contributed by atoms with Crippen molar-refractivity contribution in [3.8, 4) is 0 Å². The second kappa shape index (κ2) is 9.36. The average molecular weight is 631 g/mol. The minimum Gasteiger partial charge on any atom is -0.394 e. The first-order chi connectivity index (χ1) is 19.9. The number of hydrogen-bond acceptors (Lipinski definition) is 14. The molecule has 6 heterocycles. The predicted octanol–water partition coefficient (Wildman–Crippen LogP) is -1.97. The van der Waals surface area contributed by atoms with Crippen molar-refractivity contribution in [1.82, 2.24) is 39.0 Å². The fraction of sp³-hybridized carbons (Fsp3) is 0.500. The third kappa shape index (κ3) is 3.97. The Labute approximate surface area is 235 Å². The Morgan fingerprint density at radius 2 is 1.79 bits per heavy atom. The van der Waals surface area contributed by atoms with E-state index in [-0.39, 0.29) is 28.3 Å². The standard InChI is InChI=1S/C20H20F2N9O9PS/c21-6-5(1-32)37-17(31-4-27-8-14(31)28-19(23)29-16(8)34)9(6)39-41(36,42)40-12-11-20(12,35)10(22)18(38-11)30-3-26-7-13(30)24-2-25-15(7)33/h2-6,9-12,17-18,32,35H,1H2,(H,36,42)(H,24,25,33)(H3,23,28,29,34)/t5-,6-,9?,10-,11-,12?,17-,18-,20+,41?/m1/s1. The molecule has 4 aromatic rings. The third-order valence-electron chi connectivity index (χ3n) is 7.37. The number of alkyl halides is 2. The molecule has 3 fully saturated rings. The van der Waals surface area contributed by atoms with E-state index in [9.17, 15) is 24.7 Å². The quantitative estimate of drug-likeness (QED) is 0.121. The molecular weight excluding hydrogens is 611 g/mol. The maximum Gasteiger partial charge on any atom is 0.325 e. The minimum atomic E-state index is -4.48. The van der Waals surface area contributed by atoms with Crippen LogP contribution in [0, 0.1) is 0 Å². The van der Waals surface area contributed by atoms with Gasteiger partial charge in [0.15, 0.2) is 52.7 Å². The number of fused-ring (bicyclic) bond motifs is 3. The second-order valence-electron chi connectivity index (χ2n) is 9.82. The van der Waals surface area contributed by atoms with E-state index in [2.05, 4.69) is 29.9 Å². The van der Waals surface area contributed by atoms with Gasteiger partial charge in [-0.1, -0.05) is 0 Å². The lowest BCUT2D eigenvalue weighted by atomic mass is 10.1. The van der Waals surface area contributed by atoms with Crippen LogP contribution < -0.4 is 16.9 Å². The Bertz CT molecular complexity index is 1890. The molecule has 3 aliphatic rings. The molecule has 7 rings (SSSR count). The molecule has 22 heteroatoms. The van der Waals surface area contributed by atoms with Crippen LogP contribution in [-0.2, 0) is 30.3 Å². The summed E-state index contributed by atoms with van der Waals surface area (Å²) in [5.41, 5.74) is 1.76. The van der Waals surface area contributed by atoms with Crippen LogP contribution in [0.2, 0.25) is 0 Å². The largest absolute Gasteiger partial charge is 0.394 e. The van der Waals surface area contributed by atoms with Crippen LogP contribution in [-0.4, -0.2) is 103 Å². The molecule has 7 N–H and O–H groups in total. The van der Waals surface area contributed by atoms with Gasteiger partial charge in [-0.2, -0.15) is 4.98 Å². The Hall–Kier alpha value is -3.27. The first-order valence-electron chi connectivity index (χ1n) is 12.2. The number of nitrogen functional groups attached to an aromatic ring is 1. The van der Waals surface area contributed by atoms with Gasteiger partial charge in [0.1, 0.15) is 24.4 Å². The molecule has 3 unspecified atom stereocenters. The summed E-state index contributed by atoms with van der Waals surface area (Å²) in [5.74, 6) is -0.269. The lowest BCUT2D eigenvalue weighted by Crippen LogP contribution is -2.35. The SMILES string of the molecule is Nc1nc2c(ncn2[C@@H]2O[C@H](CO)[C@@H](F)C2OP(O)(=S)OC2[C@H]3O[C@@H](n4cnc5c(=O)[nH]cnc54)[C@@H](F)[C@@]23O)c(=O)[nH]1. The lowest BCUT2D eigenvalue weighted by Gasteiger charge is -2.27. The summed E-state index contributed by atoms with van der Waals surface area (Å²) in [6.45, 7) is -5.26. The van der Waals surface area contributed by atoms with Crippen molar-refractivity contribution in [2.45, 2.75) is 54.8 Å². The Morgan fingerprint density at radius 1 is 1.10 bits per heavy atom. The van der Waals surface area contributed by atoms with Crippen molar-refractivity contribution in [1.29, 1.82) is 0 Å². The van der Waals surface area contributed by atoms with E-state index in [1.807, 2.05) is 0 Å². The Morgan fingerprint density at radius 3 is 2.45 bits per heavy atom. The predicted molar refractivity (Wildman–Crippen MR) is 137 cm³/mol. The van der Waals surface area contributed by atoms with Crippen LogP contribution in [0.3, 0.4) is 0 Å². The van der Waals surface area contributed by atoms with E-state index in [1.54, 1.807) is 0 Å². The summed E-state index contributed by atoms with van der Waals surface area (Å²) in [7, 11) is 0. The molecule has 0 amide bonds. The lowest BCUT2D eigenvalue weighted by molar-refractivity contribution is -0.0649. The highest BCUT2D eigenvalue weighted by Crippen LogP contribution is 2.63. The van der Waals surface area contributed by atoms with E-state index >= 15 is 8.78 Å². The van der Waals surface area contributed by atoms with Gasteiger partial charge < -0.3 is 35.3 Å². The van der Waals surface area contributed by atoms with Crippen LogP contribution in [0.4, 0.5) is 14.7 Å². The van der Waals surface area contributed by atoms with E-state index < -0.39 is 79.3 Å². The van der Waals surface area contributed by atoms with Crippen molar-refractivity contribution in [2.75, 3.05) is 12.3 Å². The number of nitrogens with two attached hydrogens (primary N) is 1. The van der Waals surface area contributed by atoms with E-state index in [0.717, 1.165) is 28.1 Å². The highest BCUT2D eigenvalue weighted by molar-refractivity contribution is 8.07. The number of H-pyrrole nitrogens is 2. The van der Waals surface area contributed by atoms with Gasteiger partial charge in [-0.15, -0.1) is 0 Å². The zero-order valence-corrected chi connectivity index (χ0v) is 22.4. The number of aliphatic hydroxyl groups is 2. The molecule has 0 radical (unpaired) electrons. The summed E-state index contributed by atoms with van der Waals surface area (Å²) in [6.07, 6.45) is -9.81. The number of imidazole rings is 2. The van der Waals surface area contributed by atoms with Gasteiger partial charge in [-0.3, -0.25) is 32.8 Å². The van der Waals surface area contributed by atoms with Crippen molar-refractivity contribution in [3.05, 3.63) is 39.7 Å². The summed E-state index contributed by atoms with van der Waals surface area (Å²) >= 11 is 5.07. The summed E-state index contributed by atoms with van der Waals surface area (Å²) in [6, 6.07) is 0. The monoisotopic (exact) mass is 631 g/mol. The topological polar surface area (TPSA) is 251 Å². The van der Waals surface area contributed by atoms with Gasteiger partial charge >= 0.3 is 6.72 Å². The van der Waals surface area contributed by atoms with Crippen LogP contribution in [0.15, 0.2) is 28.6 Å². The molecule has 10 atom stereocenters. The number of nitrogens with one attached hydrogen (secondary N) is 2. The van der Waals surface area contributed by atoms with Crippen LogP contribution in [0.5, 0.6) is 0 Å². The fourth-order valence-electron chi connectivity index (χ4n) is 5.30. The molecule has 1 saturated carbocycles. The fourth-order valence-corrected chi connectivity index (χ4v) is 7.02. The third-order valence-corrected chi connectivity index (χ3v) is 8.89. The number of hydrogen-bond donors (Lipinski definition) is 6. The van der Waals surface area contributed by atoms with Crippen LogP contribution in [0.25, 0.3) is 22.3 Å². The molecule has 42 heavy (non-hydrogen) atoms. The number of anilines is 1. The summed E-state index contributed by atoms with van der Waals surface area (Å²) < 4.78 is 55.1. The molecule has 2 aliphatic heterocycles. The molecule has 18 nitrogen and oxygen atoms in total. The highest BCUT2D eigenvalue weighted by Gasteiger charge is 2.80. The Balaban J connectivity index is 1.11. The minimum absolute atomic E-state index is 0.00865. The first-order valence-corrected chi connectivity index (χ1v) is 14.8. The van der Waals surface area contributed by atoms with Crippen LogP contribution in [0.1, 0.15) is 12.5 Å². The molecule has 0 spiro atoms. The van der Waals surface area contributed by atoms with E-state index in [0.29, 0.717) is 0 Å². The molecule has 2 saturated heterocycles. The number of rotatable bonds is 7. The number of aliphatic hydroxyl groups excluding tert-OH is 1. The maximum atomic E-state index is 15.5. The van der Waals surface area contributed by atoms with Gasteiger partial charge in [0.2, 0.25) is 5.95 Å². The van der Waals surface area contributed by atoms with Crippen molar-refractivity contribution in [2.24, 2.45) is 0 Å². The zero-order valence-electron chi connectivity index (χ0n) is 20.7. The molecular formula is C20H20F2N9O9PS. The number of ether oxygens (including phenoxy) is 2. The normalized spacial score (nSPS) is 35.5. The average Bonchev–Trinajstić information content (AvgIpc) is 3.45. The summed E-state index contributed by atoms with van der Waals surface area (Å²) in [5, 5.41) is 20.6. The van der Waals surface area contributed by atoms with Gasteiger partial charge in [0, 0.05) is 0 Å². The van der Waals surface area contributed by atoms with Crippen molar-refractivity contribution in [3.63, 3.8) is 0 Å². The molecule has 224 valence electrons. The summed E-state index contributed by atoms with van der Waals surface area (Å²) in [4.78, 5) is 55.4.